The van der Waals surface area contributed by atoms with Crippen molar-refractivity contribution in [2.75, 3.05) is 0 Å². The monoisotopic (exact) mass is 149 g/mol. The summed E-state index contributed by atoms with van der Waals surface area (Å²) < 4.78 is 9.43. The fourth-order valence-electron chi connectivity index (χ4n) is 0.237. The van der Waals surface area contributed by atoms with E-state index in [2.05, 4.69) is 11.5 Å². The molecule has 0 bridgehead atoms. The minimum atomic E-state index is -1.57. The smallest absolute Gasteiger partial charge is 0.410 e. The molecule has 0 saturated heterocycles. The SMILES string of the molecule is [CH2+]O[Si](C)O[Si](C)O. The van der Waals surface area contributed by atoms with Crippen LogP contribution in [0.3, 0.4) is 0 Å². The minimum absolute atomic E-state index is 1.24. The van der Waals surface area contributed by atoms with Crippen LogP contribution in [0.15, 0.2) is 0 Å². The molecule has 0 rings (SSSR count). The second-order valence-electron chi connectivity index (χ2n) is 1.26. The van der Waals surface area contributed by atoms with Crippen LogP contribution in [-0.2, 0) is 8.54 Å². The first kappa shape index (κ1) is 8.18. The van der Waals surface area contributed by atoms with Crippen molar-refractivity contribution in [3.63, 3.8) is 0 Å². The van der Waals surface area contributed by atoms with Crippen molar-refractivity contribution in [3.05, 3.63) is 7.11 Å². The molecule has 8 heavy (non-hydrogen) atoms. The van der Waals surface area contributed by atoms with Crippen LogP contribution in [0.2, 0.25) is 13.1 Å². The minimum Gasteiger partial charge on any atom is -0.410 e. The van der Waals surface area contributed by atoms with Crippen LogP contribution in [0, 0.1) is 7.11 Å². The molecule has 0 aliphatic rings. The number of rotatable bonds is 3. The van der Waals surface area contributed by atoms with E-state index in [-0.39, 0.29) is 0 Å². The van der Waals surface area contributed by atoms with Gasteiger partial charge in [0.25, 0.3) is 0 Å². The summed E-state index contributed by atoms with van der Waals surface area (Å²) in [6, 6.07) is 0. The third-order valence-electron chi connectivity index (χ3n) is 0.495. The van der Waals surface area contributed by atoms with E-state index in [0.29, 0.717) is 0 Å². The number of hydrogen-bond acceptors (Lipinski definition) is 3. The molecule has 0 unspecified atom stereocenters. The molecule has 0 atom stereocenters. The van der Waals surface area contributed by atoms with Gasteiger partial charge in [0.15, 0.2) is 0 Å². The summed E-state index contributed by atoms with van der Waals surface area (Å²) in [6.07, 6.45) is 0. The molecule has 1 N–H and O–H groups in total. The molecule has 2 radical (unpaired) electrons. The summed E-state index contributed by atoms with van der Waals surface area (Å²) in [7, 11) is 0.354. The Balaban J connectivity index is 3.10. The summed E-state index contributed by atoms with van der Waals surface area (Å²) in [5.41, 5.74) is 0. The largest absolute Gasteiger partial charge is 0.435 e. The Hall–Kier alpha value is 0.184. The van der Waals surface area contributed by atoms with Crippen molar-refractivity contribution in [1.29, 1.82) is 0 Å². The van der Waals surface area contributed by atoms with Gasteiger partial charge in [-0.25, -0.2) is 4.43 Å². The maximum Gasteiger partial charge on any atom is 0.435 e. The quantitative estimate of drug-likeness (QED) is 0.455. The molecular weight excluding hydrogens is 140 g/mol. The highest BCUT2D eigenvalue weighted by Gasteiger charge is 2.14. The molecule has 0 aromatic heterocycles. The fraction of sp³-hybridized carbons (Fsp3) is 0.667. The zero-order chi connectivity index (χ0) is 6.57. The van der Waals surface area contributed by atoms with E-state index < -0.39 is 18.6 Å². The van der Waals surface area contributed by atoms with Crippen molar-refractivity contribution in [2.45, 2.75) is 13.1 Å². The standard InChI is InChI=1S/C3H9O3Si2/c1-5-8(3)6-7(2)4/h4H,1H2,2-3H3/q+1. The van der Waals surface area contributed by atoms with Gasteiger partial charge in [-0.3, -0.25) is 0 Å². The molecule has 46 valence electrons. The van der Waals surface area contributed by atoms with Gasteiger partial charge in [-0.2, -0.15) is 0 Å². The van der Waals surface area contributed by atoms with Gasteiger partial charge < -0.3 is 8.91 Å². The summed E-state index contributed by atoms with van der Waals surface area (Å²) >= 11 is 0. The Bertz CT molecular complexity index is 58.5. The van der Waals surface area contributed by atoms with Crippen LogP contribution in [0.5, 0.6) is 0 Å². The molecule has 0 aliphatic carbocycles. The molecule has 0 aliphatic heterocycles. The van der Waals surface area contributed by atoms with Gasteiger partial charge in [0.2, 0.25) is 7.11 Å². The Labute approximate surface area is 52.9 Å². The highest BCUT2D eigenvalue weighted by molar-refractivity contribution is 6.56. The van der Waals surface area contributed by atoms with E-state index in [1.807, 2.05) is 0 Å². The van der Waals surface area contributed by atoms with Gasteiger partial charge in [-0.05, 0) is 13.1 Å². The summed E-state index contributed by atoms with van der Waals surface area (Å²) in [4.78, 5) is 8.65. The number of hydrogen-bond donors (Lipinski definition) is 1. The van der Waals surface area contributed by atoms with E-state index in [4.69, 9.17) is 8.91 Å². The normalized spacial score (nSPS) is 11.1. The Kier molecular flexibility index (Phi) is 4.20. The highest BCUT2D eigenvalue weighted by Crippen LogP contribution is 1.87. The lowest BCUT2D eigenvalue weighted by molar-refractivity contribution is 0.342. The molecule has 0 aromatic rings. The average Bonchev–Trinajstić information content (AvgIpc) is 1.65. The third kappa shape index (κ3) is 4.35. The molecule has 0 fully saturated rings. The van der Waals surface area contributed by atoms with Crippen LogP contribution in [0.25, 0.3) is 0 Å². The van der Waals surface area contributed by atoms with E-state index in [9.17, 15) is 0 Å². The van der Waals surface area contributed by atoms with E-state index in [1.165, 1.54) is 0 Å². The zero-order valence-electron chi connectivity index (χ0n) is 4.97. The highest BCUT2D eigenvalue weighted by atomic mass is 28.4. The van der Waals surface area contributed by atoms with Gasteiger partial charge in [0.1, 0.15) is 0 Å². The first-order chi connectivity index (χ1) is 3.66. The lowest BCUT2D eigenvalue weighted by Crippen LogP contribution is -2.25. The molecule has 3 nitrogen and oxygen atoms in total. The van der Waals surface area contributed by atoms with E-state index in [0.717, 1.165) is 0 Å². The Morgan fingerprint density at radius 2 is 2.00 bits per heavy atom. The van der Waals surface area contributed by atoms with Crippen molar-refractivity contribution in [2.24, 2.45) is 0 Å². The second kappa shape index (κ2) is 4.10. The molecule has 5 heteroatoms. The van der Waals surface area contributed by atoms with E-state index in [1.54, 1.807) is 13.1 Å². The molecule has 0 saturated carbocycles. The van der Waals surface area contributed by atoms with Gasteiger partial charge >= 0.3 is 18.6 Å². The first-order valence-corrected chi connectivity index (χ1v) is 5.80. The maximum atomic E-state index is 8.65. The Morgan fingerprint density at radius 1 is 1.50 bits per heavy atom. The van der Waals surface area contributed by atoms with Gasteiger partial charge in [0, 0.05) is 0 Å². The van der Waals surface area contributed by atoms with Gasteiger partial charge in [-0.15, -0.1) is 0 Å². The lowest BCUT2D eigenvalue weighted by Gasteiger charge is -2.02. The summed E-state index contributed by atoms with van der Waals surface area (Å²) in [5, 5.41) is 0. The third-order valence-corrected chi connectivity index (χ3v) is 3.23. The maximum absolute atomic E-state index is 8.65. The molecule has 0 amide bonds. The predicted octanol–water partition coefficient (Wildman–Crippen LogP) is 0.0395. The summed E-state index contributed by atoms with van der Waals surface area (Å²) in [5.74, 6) is 0. The summed E-state index contributed by atoms with van der Waals surface area (Å²) in [6.45, 7) is 3.42. The average molecular weight is 149 g/mol. The van der Waals surface area contributed by atoms with Crippen LogP contribution in [0.4, 0.5) is 0 Å². The predicted molar refractivity (Wildman–Crippen MR) is 33.0 cm³/mol. The van der Waals surface area contributed by atoms with Crippen molar-refractivity contribution < 1.29 is 13.3 Å². The second-order valence-corrected chi connectivity index (χ2v) is 4.38. The van der Waals surface area contributed by atoms with Crippen LogP contribution in [-0.4, -0.2) is 23.4 Å². The molecule has 0 heterocycles. The first-order valence-electron chi connectivity index (χ1n) is 2.12. The molecule has 0 spiro atoms. The van der Waals surface area contributed by atoms with Crippen molar-refractivity contribution >= 4 is 18.6 Å². The van der Waals surface area contributed by atoms with Gasteiger partial charge in [-0.1, -0.05) is 0 Å². The zero-order valence-corrected chi connectivity index (χ0v) is 6.97. The molecule has 0 aromatic carbocycles. The topological polar surface area (TPSA) is 38.7 Å². The van der Waals surface area contributed by atoms with Crippen LogP contribution < -0.4 is 0 Å². The van der Waals surface area contributed by atoms with E-state index >= 15 is 0 Å². The molecular formula is C3H9O3Si2+. The van der Waals surface area contributed by atoms with Crippen molar-refractivity contribution in [1.82, 2.24) is 0 Å². The van der Waals surface area contributed by atoms with Crippen LogP contribution >= 0.6 is 0 Å². The lowest BCUT2D eigenvalue weighted by atomic mass is 11.8. The fourth-order valence-corrected chi connectivity index (χ4v) is 2.14. The Morgan fingerprint density at radius 3 is 2.12 bits per heavy atom. The van der Waals surface area contributed by atoms with Gasteiger partial charge in [0.05, 0.1) is 0 Å². The van der Waals surface area contributed by atoms with Crippen LogP contribution in [0.1, 0.15) is 0 Å². The van der Waals surface area contributed by atoms with Crippen molar-refractivity contribution in [3.8, 4) is 0 Å².